The zero-order chi connectivity index (χ0) is 12.0. The summed E-state index contributed by atoms with van der Waals surface area (Å²) in [4.78, 5) is 32.1. The maximum atomic E-state index is 11.1. The van der Waals surface area contributed by atoms with E-state index in [0.29, 0.717) is 6.08 Å². The van der Waals surface area contributed by atoms with Crippen molar-refractivity contribution >= 4 is 17.8 Å². The average Bonchev–Trinajstić information content (AvgIpc) is 2.09. The lowest BCUT2D eigenvalue weighted by Crippen LogP contribution is -2.47. The highest BCUT2D eigenvalue weighted by molar-refractivity contribution is 5.96. The molecule has 6 heteroatoms. The van der Waals surface area contributed by atoms with E-state index in [9.17, 15) is 14.4 Å². The molecule has 0 aromatic heterocycles. The van der Waals surface area contributed by atoms with Gasteiger partial charge in [0, 0.05) is 12.2 Å². The van der Waals surface area contributed by atoms with Gasteiger partial charge in [0.2, 0.25) is 11.8 Å². The Bertz CT molecular complexity index is 296. The molecule has 0 aliphatic heterocycles. The molecule has 2 amide bonds. The second-order valence-corrected chi connectivity index (χ2v) is 3.30. The number of rotatable bonds is 5. The summed E-state index contributed by atoms with van der Waals surface area (Å²) in [6.07, 6.45) is 1.52. The predicted octanol–water partition coefficient (Wildman–Crippen LogP) is -0.747. The van der Waals surface area contributed by atoms with Crippen LogP contribution in [0.25, 0.3) is 0 Å². The molecule has 1 unspecified atom stereocenters. The SMILES string of the molecule is CC(C)C(NC(=O)/C=C\C(=O)O)C(N)=O. The number of hydrogen-bond donors (Lipinski definition) is 3. The summed E-state index contributed by atoms with van der Waals surface area (Å²) >= 11 is 0. The van der Waals surface area contributed by atoms with E-state index in [1.165, 1.54) is 0 Å². The topological polar surface area (TPSA) is 109 Å². The molecule has 0 saturated carbocycles. The maximum Gasteiger partial charge on any atom is 0.328 e. The Hall–Kier alpha value is -1.85. The zero-order valence-electron chi connectivity index (χ0n) is 8.56. The fraction of sp³-hybridized carbons (Fsp3) is 0.444. The van der Waals surface area contributed by atoms with Crippen molar-refractivity contribution in [1.29, 1.82) is 0 Å². The molecule has 15 heavy (non-hydrogen) atoms. The Balaban J connectivity index is 4.37. The first-order chi connectivity index (χ1) is 6.84. The highest BCUT2D eigenvalue weighted by atomic mass is 16.4. The summed E-state index contributed by atoms with van der Waals surface area (Å²) in [6.45, 7) is 3.44. The molecule has 0 fully saturated rings. The van der Waals surface area contributed by atoms with Crippen LogP contribution in [0.1, 0.15) is 13.8 Å². The minimum absolute atomic E-state index is 0.148. The van der Waals surface area contributed by atoms with E-state index in [4.69, 9.17) is 10.8 Å². The number of carbonyl (C=O) groups excluding carboxylic acids is 2. The van der Waals surface area contributed by atoms with Gasteiger partial charge in [0.05, 0.1) is 0 Å². The summed E-state index contributed by atoms with van der Waals surface area (Å²) in [5.74, 6) is -2.69. The smallest absolute Gasteiger partial charge is 0.328 e. The van der Waals surface area contributed by atoms with Crippen LogP contribution in [0.3, 0.4) is 0 Å². The van der Waals surface area contributed by atoms with Gasteiger partial charge in [-0.05, 0) is 5.92 Å². The van der Waals surface area contributed by atoms with Crippen molar-refractivity contribution in [3.63, 3.8) is 0 Å². The Morgan fingerprint density at radius 2 is 1.80 bits per heavy atom. The lowest BCUT2D eigenvalue weighted by atomic mass is 10.0. The number of carboxylic acids is 1. The fourth-order valence-electron chi connectivity index (χ4n) is 0.915. The molecule has 0 saturated heterocycles. The third-order valence-corrected chi connectivity index (χ3v) is 1.65. The van der Waals surface area contributed by atoms with Crippen molar-refractivity contribution in [1.82, 2.24) is 5.32 Å². The van der Waals surface area contributed by atoms with Crippen LogP contribution in [0.4, 0.5) is 0 Å². The Morgan fingerprint density at radius 3 is 2.13 bits per heavy atom. The highest BCUT2D eigenvalue weighted by Crippen LogP contribution is 2.00. The van der Waals surface area contributed by atoms with Crippen LogP contribution >= 0.6 is 0 Å². The van der Waals surface area contributed by atoms with Crippen molar-refractivity contribution in [3.8, 4) is 0 Å². The molecule has 0 aliphatic carbocycles. The van der Waals surface area contributed by atoms with E-state index < -0.39 is 23.8 Å². The number of amides is 2. The van der Waals surface area contributed by atoms with Crippen LogP contribution in [0.5, 0.6) is 0 Å². The molecule has 0 aromatic carbocycles. The first-order valence-corrected chi connectivity index (χ1v) is 4.35. The van der Waals surface area contributed by atoms with Gasteiger partial charge in [-0.2, -0.15) is 0 Å². The van der Waals surface area contributed by atoms with Crippen molar-refractivity contribution < 1.29 is 19.5 Å². The molecule has 0 radical (unpaired) electrons. The van der Waals surface area contributed by atoms with Gasteiger partial charge in [0.15, 0.2) is 0 Å². The number of carbonyl (C=O) groups is 3. The monoisotopic (exact) mass is 214 g/mol. The summed E-state index contributed by atoms with van der Waals surface area (Å²) in [7, 11) is 0. The molecule has 1 atom stereocenters. The van der Waals surface area contributed by atoms with E-state index in [-0.39, 0.29) is 5.92 Å². The lowest BCUT2D eigenvalue weighted by Gasteiger charge is -2.17. The summed E-state index contributed by atoms with van der Waals surface area (Å²) in [6, 6.07) is -0.795. The lowest BCUT2D eigenvalue weighted by molar-refractivity contribution is -0.131. The van der Waals surface area contributed by atoms with E-state index in [1.807, 2.05) is 0 Å². The van der Waals surface area contributed by atoms with Gasteiger partial charge in [-0.25, -0.2) is 4.79 Å². The van der Waals surface area contributed by atoms with Crippen molar-refractivity contribution in [3.05, 3.63) is 12.2 Å². The van der Waals surface area contributed by atoms with E-state index >= 15 is 0 Å². The first kappa shape index (κ1) is 13.2. The summed E-state index contributed by atoms with van der Waals surface area (Å²) in [5.41, 5.74) is 5.05. The Morgan fingerprint density at radius 1 is 1.27 bits per heavy atom. The van der Waals surface area contributed by atoms with Crippen LogP contribution in [0, 0.1) is 5.92 Å². The normalized spacial score (nSPS) is 12.7. The molecule has 0 spiro atoms. The molecule has 0 rings (SSSR count). The number of hydrogen-bond acceptors (Lipinski definition) is 3. The largest absolute Gasteiger partial charge is 0.478 e. The molecule has 84 valence electrons. The molecule has 0 aromatic rings. The van der Waals surface area contributed by atoms with Crippen LogP contribution in [-0.2, 0) is 14.4 Å². The van der Waals surface area contributed by atoms with Gasteiger partial charge in [-0.15, -0.1) is 0 Å². The third kappa shape index (κ3) is 5.45. The second-order valence-electron chi connectivity index (χ2n) is 3.30. The van der Waals surface area contributed by atoms with Gasteiger partial charge < -0.3 is 16.2 Å². The Kier molecular flexibility index (Phi) is 5.08. The standard InChI is InChI=1S/C9H14N2O4/c1-5(2)8(9(10)15)11-6(12)3-4-7(13)14/h3-5,8H,1-2H3,(H2,10,15)(H,11,12)(H,13,14)/b4-3-. The van der Waals surface area contributed by atoms with Crippen molar-refractivity contribution in [2.24, 2.45) is 11.7 Å². The van der Waals surface area contributed by atoms with Gasteiger partial charge in [0.1, 0.15) is 6.04 Å². The number of primary amides is 1. The summed E-state index contributed by atoms with van der Waals surface area (Å²) in [5, 5.41) is 10.6. The van der Waals surface area contributed by atoms with E-state index in [0.717, 1.165) is 6.08 Å². The zero-order valence-corrected chi connectivity index (χ0v) is 8.56. The van der Waals surface area contributed by atoms with Gasteiger partial charge in [0.25, 0.3) is 0 Å². The first-order valence-electron chi connectivity index (χ1n) is 4.35. The van der Waals surface area contributed by atoms with Crippen LogP contribution in [-0.4, -0.2) is 28.9 Å². The van der Waals surface area contributed by atoms with Crippen molar-refractivity contribution in [2.75, 3.05) is 0 Å². The van der Waals surface area contributed by atoms with Crippen LogP contribution < -0.4 is 11.1 Å². The molecule has 4 N–H and O–H groups in total. The molecule has 0 aliphatic rings. The van der Waals surface area contributed by atoms with Crippen LogP contribution in [0.2, 0.25) is 0 Å². The van der Waals surface area contributed by atoms with Gasteiger partial charge in [-0.3, -0.25) is 9.59 Å². The third-order valence-electron chi connectivity index (χ3n) is 1.65. The Labute approximate surface area is 87.1 Å². The van der Waals surface area contributed by atoms with E-state index in [1.54, 1.807) is 13.8 Å². The fourth-order valence-corrected chi connectivity index (χ4v) is 0.915. The van der Waals surface area contributed by atoms with Crippen molar-refractivity contribution in [2.45, 2.75) is 19.9 Å². The molecule has 6 nitrogen and oxygen atoms in total. The number of aliphatic carboxylic acids is 1. The van der Waals surface area contributed by atoms with Gasteiger partial charge in [-0.1, -0.05) is 13.8 Å². The number of nitrogens with two attached hydrogens (primary N) is 1. The quantitative estimate of drug-likeness (QED) is 0.523. The average molecular weight is 214 g/mol. The number of nitrogens with one attached hydrogen (secondary N) is 1. The van der Waals surface area contributed by atoms with Crippen LogP contribution in [0.15, 0.2) is 12.2 Å². The van der Waals surface area contributed by atoms with E-state index in [2.05, 4.69) is 5.32 Å². The molecule has 0 bridgehead atoms. The second kappa shape index (κ2) is 5.79. The highest BCUT2D eigenvalue weighted by Gasteiger charge is 2.20. The number of carboxylic acid groups (broad SMARTS) is 1. The molecular formula is C9H14N2O4. The maximum absolute atomic E-state index is 11.1. The molecule has 0 heterocycles. The molecular weight excluding hydrogens is 200 g/mol. The minimum atomic E-state index is -1.23. The summed E-state index contributed by atoms with van der Waals surface area (Å²) < 4.78 is 0. The minimum Gasteiger partial charge on any atom is -0.478 e. The van der Waals surface area contributed by atoms with Gasteiger partial charge >= 0.3 is 5.97 Å². The predicted molar refractivity (Wildman–Crippen MR) is 52.7 cm³/mol.